The summed E-state index contributed by atoms with van der Waals surface area (Å²) in [5.74, 6) is 0. The standard InChI is InChI=1S/C13H23N3O4S/c1-11(10-20-4)16(8-9-19-3)21(17,18)13-12(14-2)6-5-7-15-13/h5-7,11,14H,8-10H2,1-4H3. The summed E-state index contributed by atoms with van der Waals surface area (Å²) >= 11 is 0. The van der Waals surface area contributed by atoms with Gasteiger partial charge in [0.2, 0.25) is 0 Å². The number of pyridine rings is 1. The fourth-order valence-corrected chi connectivity index (χ4v) is 3.69. The van der Waals surface area contributed by atoms with Crippen molar-refractivity contribution in [3.05, 3.63) is 18.3 Å². The van der Waals surface area contributed by atoms with Gasteiger partial charge in [-0.3, -0.25) is 0 Å². The van der Waals surface area contributed by atoms with E-state index in [4.69, 9.17) is 9.47 Å². The van der Waals surface area contributed by atoms with Gasteiger partial charge in [0.15, 0.2) is 5.03 Å². The van der Waals surface area contributed by atoms with Crippen molar-refractivity contribution in [1.82, 2.24) is 9.29 Å². The summed E-state index contributed by atoms with van der Waals surface area (Å²) in [6.45, 7) is 2.63. The Morgan fingerprint density at radius 3 is 2.67 bits per heavy atom. The average molecular weight is 317 g/mol. The average Bonchev–Trinajstić information content (AvgIpc) is 2.47. The number of anilines is 1. The third-order valence-electron chi connectivity index (χ3n) is 3.01. The number of ether oxygens (including phenoxy) is 2. The van der Waals surface area contributed by atoms with Gasteiger partial charge in [-0.15, -0.1) is 0 Å². The van der Waals surface area contributed by atoms with Crippen LogP contribution in [-0.2, 0) is 19.5 Å². The second-order valence-electron chi connectivity index (χ2n) is 4.52. The van der Waals surface area contributed by atoms with E-state index in [2.05, 4.69) is 10.3 Å². The molecule has 0 amide bonds. The van der Waals surface area contributed by atoms with Crippen LogP contribution in [0.1, 0.15) is 6.92 Å². The van der Waals surface area contributed by atoms with Crippen LogP contribution in [0.25, 0.3) is 0 Å². The Labute approximate surface area is 126 Å². The Hall–Kier alpha value is -1.22. The van der Waals surface area contributed by atoms with Gasteiger partial charge in [0.05, 0.1) is 18.9 Å². The number of sulfonamides is 1. The summed E-state index contributed by atoms with van der Waals surface area (Å²) in [6, 6.07) is 3.04. The molecule has 0 radical (unpaired) electrons. The van der Waals surface area contributed by atoms with Crippen LogP contribution in [0.15, 0.2) is 23.4 Å². The van der Waals surface area contributed by atoms with Gasteiger partial charge in [-0.2, -0.15) is 4.31 Å². The second-order valence-corrected chi connectivity index (χ2v) is 6.32. The van der Waals surface area contributed by atoms with Gasteiger partial charge in [0.1, 0.15) is 0 Å². The lowest BCUT2D eigenvalue weighted by Gasteiger charge is -2.27. The topological polar surface area (TPSA) is 80.8 Å². The van der Waals surface area contributed by atoms with Gasteiger partial charge in [-0.1, -0.05) is 0 Å². The van der Waals surface area contributed by atoms with Crippen molar-refractivity contribution in [2.75, 3.05) is 46.3 Å². The first-order chi connectivity index (χ1) is 9.98. The van der Waals surface area contributed by atoms with Crippen LogP contribution in [0.3, 0.4) is 0 Å². The van der Waals surface area contributed by atoms with E-state index >= 15 is 0 Å². The summed E-state index contributed by atoms with van der Waals surface area (Å²) < 4.78 is 37.1. The normalized spacial score (nSPS) is 13.4. The van der Waals surface area contributed by atoms with Crippen LogP contribution >= 0.6 is 0 Å². The number of hydrogen-bond acceptors (Lipinski definition) is 6. The van der Waals surface area contributed by atoms with Crippen LogP contribution in [0, 0.1) is 0 Å². The SMILES string of the molecule is CNc1cccnc1S(=O)(=O)N(CCOC)C(C)COC. The van der Waals surface area contributed by atoms with E-state index in [1.807, 2.05) is 0 Å². The fourth-order valence-electron chi connectivity index (χ4n) is 1.98. The Balaban J connectivity index is 3.19. The quantitative estimate of drug-likeness (QED) is 0.725. The number of methoxy groups -OCH3 is 2. The monoisotopic (exact) mass is 317 g/mol. The van der Waals surface area contributed by atoms with Crippen LogP contribution < -0.4 is 5.32 Å². The van der Waals surface area contributed by atoms with Crippen LogP contribution in [0.2, 0.25) is 0 Å². The van der Waals surface area contributed by atoms with Crippen molar-refractivity contribution in [3.63, 3.8) is 0 Å². The zero-order chi connectivity index (χ0) is 15.9. The van der Waals surface area contributed by atoms with Gasteiger partial charge >= 0.3 is 0 Å². The smallest absolute Gasteiger partial charge is 0.263 e. The molecule has 7 nitrogen and oxygen atoms in total. The minimum atomic E-state index is -3.74. The zero-order valence-electron chi connectivity index (χ0n) is 12.9. The summed E-state index contributed by atoms with van der Waals surface area (Å²) in [4.78, 5) is 4.02. The largest absolute Gasteiger partial charge is 0.386 e. The predicted octanol–water partition coefficient (Wildman–Crippen LogP) is 0.795. The molecule has 0 saturated carbocycles. The van der Waals surface area contributed by atoms with Crippen LogP contribution in [0.5, 0.6) is 0 Å². The Morgan fingerprint density at radius 1 is 1.38 bits per heavy atom. The number of hydrogen-bond donors (Lipinski definition) is 1. The lowest BCUT2D eigenvalue weighted by atomic mass is 10.3. The Kier molecular flexibility index (Phi) is 7.03. The lowest BCUT2D eigenvalue weighted by molar-refractivity contribution is 0.119. The molecule has 8 heteroatoms. The van der Waals surface area contributed by atoms with E-state index in [1.54, 1.807) is 26.1 Å². The molecule has 0 bridgehead atoms. The van der Waals surface area contributed by atoms with E-state index in [9.17, 15) is 8.42 Å². The molecule has 0 saturated heterocycles. The van der Waals surface area contributed by atoms with E-state index in [1.165, 1.54) is 24.7 Å². The minimum Gasteiger partial charge on any atom is -0.386 e. The van der Waals surface area contributed by atoms with E-state index in [-0.39, 0.29) is 17.6 Å². The molecule has 0 spiro atoms. The van der Waals surface area contributed by atoms with Crippen molar-refractivity contribution in [3.8, 4) is 0 Å². The highest BCUT2D eigenvalue weighted by Gasteiger charge is 2.31. The molecule has 1 atom stereocenters. The van der Waals surface area contributed by atoms with Crippen molar-refractivity contribution >= 4 is 15.7 Å². The predicted molar refractivity (Wildman–Crippen MR) is 80.9 cm³/mol. The molecule has 21 heavy (non-hydrogen) atoms. The summed E-state index contributed by atoms with van der Waals surface area (Å²) in [6.07, 6.45) is 1.46. The molecular formula is C13H23N3O4S. The maximum atomic E-state index is 12.8. The molecule has 1 N–H and O–H groups in total. The first-order valence-electron chi connectivity index (χ1n) is 6.61. The third kappa shape index (κ3) is 4.37. The Morgan fingerprint density at radius 2 is 2.10 bits per heavy atom. The minimum absolute atomic E-state index is 0.00607. The molecular weight excluding hydrogens is 294 g/mol. The molecule has 0 aliphatic carbocycles. The van der Waals surface area contributed by atoms with Gasteiger partial charge in [-0.05, 0) is 19.1 Å². The lowest BCUT2D eigenvalue weighted by Crippen LogP contribution is -2.43. The molecule has 0 aliphatic heterocycles. The highest BCUT2D eigenvalue weighted by atomic mass is 32.2. The van der Waals surface area contributed by atoms with Crippen molar-refractivity contribution in [2.45, 2.75) is 18.0 Å². The maximum Gasteiger partial charge on any atom is 0.263 e. The highest BCUT2D eigenvalue weighted by Crippen LogP contribution is 2.23. The molecule has 1 heterocycles. The second kappa shape index (κ2) is 8.28. The zero-order valence-corrected chi connectivity index (χ0v) is 13.7. The van der Waals surface area contributed by atoms with E-state index in [0.717, 1.165) is 0 Å². The Bertz CT molecular complexity index is 536. The van der Waals surface area contributed by atoms with Gasteiger partial charge in [0.25, 0.3) is 10.0 Å². The third-order valence-corrected chi connectivity index (χ3v) is 4.98. The van der Waals surface area contributed by atoms with Gasteiger partial charge < -0.3 is 14.8 Å². The number of nitrogens with one attached hydrogen (secondary N) is 1. The maximum absolute atomic E-state index is 12.8. The molecule has 0 fully saturated rings. The molecule has 1 aromatic rings. The molecule has 0 aromatic carbocycles. The van der Waals surface area contributed by atoms with Gasteiger partial charge in [-0.25, -0.2) is 13.4 Å². The van der Waals surface area contributed by atoms with Crippen molar-refractivity contribution in [1.29, 1.82) is 0 Å². The molecule has 0 aliphatic rings. The van der Waals surface area contributed by atoms with E-state index < -0.39 is 10.0 Å². The van der Waals surface area contributed by atoms with Gasteiger partial charge in [0, 0.05) is 40.1 Å². The number of nitrogens with zero attached hydrogens (tertiary/aromatic N) is 2. The summed E-state index contributed by atoms with van der Waals surface area (Å²) in [5, 5.41) is 2.86. The molecule has 1 aromatic heterocycles. The van der Waals surface area contributed by atoms with E-state index in [0.29, 0.717) is 18.9 Å². The first-order valence-corrected chi connectivity index (χ1v) is 8.05. The molecule has 120 valence electrons. The van der Waals surface area contributed by atoms with Crippen molar-refractivity contribution < 1.29 is 17.9 Å². The first kappa shape index (κ1) is 17.8. The number of aromatic nitrogens is 1. The summed E-state index contributed by atoms with van der Waals surface area (Å²) in [5.41, 5.74) is 0.463. The van der Waals surface area contributed by atoms with Crippen molar-refractivity contribution in [2.24, 2.45) is 0 Å². The van der Waals surface area contributed by atoms with Crippen LogP contribution in [0.4, 0.5) is 5.69 Å². The number of rotatable bonds is 9. The molecule has 1 rings (SSSR count). The molecule has 1 unspecified atom stereocenters. The fraction of sp³-hybridized carbons (Fsp3) is 0.615. The highest BCUT2D eigenvalue weighted by molar-refractivity contribution is 7.89. The van der Waals surface area contributed by atoms with Crippen LogP contribution in [-0.4, -0.2) is 64.8 Å². The summed E-state index contributed by atoms with van der Waals surface area (Å²) in [7, 11) is 0.995.